The van der Waals surface area contributed by atoms with E-state index in [1.165, 1.54) is 13.4 Å². The van der Waals surface area contributed by atoms with Crippen LogP contribution in [0.5, 0.6) is 5.88 Å². The van der Waals surface area contributed by atoms with Gasteiger partial charge in [0.25, 0.3) is 5.88 Å². The third-order valence-electron chi connectivity index (χ3n) is 3.88. The van der Waals surface area contributed by atoms with Crippen molar-refractivity contribution in [2.75, 3.05) is 25.1 Å². The van der Waals surface area contributed by atoms with Crippen molar-refractivity contribution in [2.45, 2.75) is 38.8 Å². The smallest absolute Gasteiger partial charge is 0.372 e. The number of rotatable bonds is 5. The minimum atomic E-state index is -0.468. The van der Waals surface area contributed by atoms with Gasteiger partial charge in [0.15, 0.2) is 0 Å². The fourth-order valence-corrected chi connectivity index (χ4v) is 2.63. The van der Waals surface area contributed by atoms with Crippen molar-refractivity contribution in [3.05, 3.63) is 16.4 Å². The van der Waals surface area contributed by atoms with E-state index < -0.39 is 4.92 Å². The summed E-state index contributed by atoms with van der Waals surface area (Å²) in [5, 5.41) is 14.9. The molecule has 0 radical (unpaired) electrons. The molecule has 1 aliphatic heterocycles. The van der Waals surface area contributed by atoms with Crippen LogP contribution < -0.4 is 15.0 Å². The molecule has 0 amide bonds. The SMILES string of the molecule is CCC1CN(c2ncnc(OC)c2[N+](=O)[O-])C(CC)CN1. The molecule has 0 spiro atoms. The van der Waals surface area contributed by atoms with Crippen LogP contribution in [0.15, 0.2) is 6.33 Å². The molecule has 8 heteroatoms. The zero-order valence-corrected chi connectivity index (χ0v) is 12.6. The largest absolute Gasteiger partial charge is 0.476 e. The topological polar surface area (TPSA) is 93.4 Å². The van der Waals surface area contributed by atoms with Gasteiger partial charge in [-0.05, 0) is 12.8 Å². The molecule has 2 unspecified atom stereocenters. The number of aromatic nitrogens is 2. The Hall–Kier alpha value is -1.96. The zero-order chi connectivity index (χ0) is 15.4. The maximum Gasteiger partial charge on any atom is 0.372 e. The third kappa shape index (κ3) is 3.05. The van der Waals surface area contributed by atoms with E-state index in [-0.39, 0.29) is 17.6 Å². The Morgan fingerprint density at radius 1 is 1.48 bits per heavy atom. The summed E-state index contributed by atoms with van der Waals surface area (Å²) in [6.45, 7) is 5.64. The first-order chi connectivity index (χ1) is 10.1. The number of nitrogens with one attached hydrogen (secondary N) is 1. The first-order valence-electron chi connectivity index (χ1n) is 7.15. The highest BCUT2D eigenvalue weighted by Gasteiger charge is 2.34. The van der Waals surface area contributed by atoms with E-state index in [4.69, 9.17) is 4.74 Å². The first-order valence-corrected chi connectivity index (χ1v) is 7.15. The van der Waals surface area contributed by atoms with Crippen LogP contribution in [-0.4, -0.2) is 47.2 Å². The number of nitrogens with zero attached hydrogens (tertiary/aromatic N) is 4. The average molecular weight is 295 g/mol. The molecule has 21 heavy (non-hydrogen) atoms. The average Bonchev–Trinajstić information content (AvgIpc) is 2.53. The van der Waals surface area contributed by atoms with Crippen LogP contribution in [0.2, 0.25) is 0 Å². The van der Waals surface area contributed by atoms with Crippen molar-refractivity contribution >= 4 is 11.5 Å². The maximum absolute atomic E-state index is 11.4. The molecular formula is C13H21N5O3. The Labute approximate surface area is 123 Å². The van der Waals surface area contributed by atoms with Gasteiger partial charge in [-0.1, -0.05) is 13.8 Å². The van der Waals surface area contributed by atoms with Gasteiger partial charge in [-0.3, -0.25) is 10.1 Å². The van der Waals surface area contributed by atoms with Crippen molar-refractivity contribution < 1.29 is 9.66 Å². The molecule has 116 valence electrons. The van der Waals surface area contributed by atoms with Crippen LogP contribution in [0.4, 0.5) is 11.5 Å². The van der Waals surface area contributed by atoms with Crippen molar-refractivity contribution in [1.82, 2.24) is 15.3 Å². The monoisotopic (exact) mass is 295 g/mol. The van der Waals surface area contributed by atoms with Crippen LogP contribution >= 0.6 is 0 Å². The standard InChI is InChI=1S/C13H21N5O3/c1-4-9-7-17(10(5-2)6-14-9)12-11(18(19)20)13(21-3)16-8-15-12/h8-10,14H,4-7H2,1-3H3. The Bertz CT molecular complexity index is 511. The molecule has 1 aliphatic rings. The van der Waals surface area contributed by atoms with Crippen LogP contribution in [-0.2, 0) is 0 Å². The van der Waals surface area contributed by atoms with Gasteiger partial charge in [0.2, 0.25) is 5.82 Å². The van der Waals surface area contributed by atoms with Crippen molar-refractivity contribution in [3.8, 4) is 5.88 Å². The highest BCUT2D eigenvalue weighted by Crippen LogP contribution is 2.35. The molecule has 0 aromatic carbocycles. The predicted octanol–water partition coefficient (Wildman–Crippen LogP) is 1.36. The number of piperazine rings is 1. The summed E-state index contributed by atoms with van der Waals surface area (Å²) < 4.78 is 5.03. The lowest BCUT2D eigenvalue weighted by Gasteiger charge is -2.40. The molecule has 1 aromatic heterocycles. The van der Waals surface area contributed by atoms with Crippen LogP contribution in [0, 0.1) is 10.1 Å². The van der Waals surface area contributed by atoms with Crippen molar-refractivity contribution in [1.29, 1.82) is 0 Å². The van der Waals surface area contributed by atoms with Crippen LogP contribution in [0.1, 0.15) is 26.7 Å². The number of hydrogen-bond donors (Lipinski definition) is 1. The van der Waals surface area contributed by atoms with E-state index in [1.54, 1.807) is 0 Å². The highest BCUT2D eigenvalue weighted by molar-refractivity contribution is 5.63. The molecule has 0 saturated carbocycles. The van der Waals surface area contributed by atoms with E-state index in [9.17, 15) is 10.1 Å². The van der Waals surface area contributed by atoms with E-state index in [2.05, 4.69) is 29.1 Å². The summed E-state index contributed by atoms with van der Waals surface area (Å²) in [4.78, 5) is 20.9. The Morgan fingerprint density at radius 2 is 2.24 bits per heavy atom. The molecule has 1 aromatic rings. The van der Waals surface area contributed by atoms with Crippen molar-refractivity contribution in [3.63, 3.8) is 0 Å². The van der Waals surface area contributed by atoms with Gasteiger partial charge in [-0.15, -0.1) is 0 Å². The fourth-order valence-electron chi connectivity index (χ4n) is 2.63. The number of ether oxygens (including phenoxy) is 1. The van der Waals surface area contributed by atoms with Gasteiger partial charge >= 0.3 is 5.69 Å². The van der Waals surface area contributed by atoms with Crippen LogP contribution in [0.3, 0.4) is 0 Å². The first kappa shape index (κ1) is 15.4. The quantitative estimate of drug-likeness (QED) is 0.647. The molecule has 2 atom stereocenters. The van der Waals surface area contributed by atoms with Gasteiger partial charge < -0.3 is 15.0 Å². The van der Waals surface area contributed by atoms with E-state index >= 15 is 0 Å². The zero-order valence-electron chi connectivity index (χ0n) is 12.6. The number of anilines is 1. The van der Waals surface area contributed by atoms with Gasteiger partial charge in [-0.2, -0.15) is 4.98 Å². The van der Waals surface area contributed by atoms with Crippen molar-refractivity contribution in [2.24, 2.45) is 0 Å². The van der Waals surface area contributed by atoms with E-state index in [0.717, 1.165) is 19.4 Å². The Balaban J connectivity index is 2.44. The molecule has 1 N–H and O–H groups in total. The second-order valence-corrected chi connectivity index (χ2v) is 5.04. The number of hydrogen-bond acceptors (Lipinski definition) is 7. The van der Waals surface area contributed by atoms with Crippen LogP contribution in [0.25, 0.3) is 0 Å². The minimum Gasteiger partial charge on any atom is -0.476 e. The molecule has 1 fully saturated rings. The molecule has 1 saturated heterocycles. The lowest BCUT2D eigenvalue weighted by molar-refractivity contribution is -0.385. The lowest BCUT2D eigenvalue weighted by atomic mass is 10.1. The van der Waals surface area contributed by atoms with Gasteiger partial charge in [0.05, 0.1) is 12.0 Å². The molecule has 0 aliphatic carbocycles. The second-order valence-electron chi connectivity index (χ2n) is 5.04. The summed E-state index contributed by atoms with van der Waals surface area (Å²) in [5.74, 6) is 0.352. The van der Waals surface area contributed by atoms with Gasteiger partial charge in [-0.25, -0.2) is 4.98 Å². The van der Waals surface area contributed by atoms with E-state index in [1.807, 2.05) is 4.90 Å². The Morgan fingerprint density at radius 3 is 2.81 bits per heavy atom. The van der Waals surface area contributed by atoms with Gasteiger partial charge in [0, 0.05) is 25.2 Å². The van der Waals surface area contributed by atoms with E-state index in [0.29, 0.717) is 18.4 Å². The normalized spacial score (nSPS) is 22.1. The summed E-state index contributed by atoms with van der Waals surface area (Å²) in [6, 6.07) is 0.472. The molecule has 2 heterocycles. The minimum absolute atomic E-state index is 0.00596. The summed E-state index contributed by atoms with van der Waals surface area (Å²) >= 11 is 0. The fraction of sp³-hybridized carbons (Fsp3) is 0.692. The maximum atomic E-state index is 11.4. The summed E-state index contributed by atoms with van der Waals surface area (Å²) in [5.41, 5.74) is -0.157. The molecule has 0 bridgehead atoms. The Kier molecular flexibility index (Phi) is 4.89. The summed E-state index contributed by atoms with van der Waals surface area (Å²) in [7, 11) is 1.38. The number of nitro groups is 1. The van der Waals surface area contributed by atoms with Gasteiger partial charge in [0.1, 0.15) is 6.33 Å². The molecular weight excluding hydrogens is 274 g/mol. The summed E-state index contributed by atoms with van der Waals surface area (Å²) in [6.07, 6.45) is 3.16. The number of methoxy groups -OCH3 is 1. The highest BCUT2D eigenvalue weighted by atomic mass is 16.6. The second kappa shape index (κ2) is 6.66. The third-order valence-corrected chi connectivity index (χ3v) is 3.88. The lowest BCUT2D eigenvalue weighted by Crippen LogP contribution is -2.56. The molecule has 8 nitrogen and oxygen atoms in total. The predicted molar refractivity (Wildman–Crippen MR) is 78.7 cm³/mol. The molecule has 2 rings (SSSR count).